The second-order valence-corrected chi connectivity index (χ2v) is 4.87. The molecule has 0 aliphatic rings. The van der Waals surface area contributed by atoms with E-state index in [4.69, 9.17) is 9.47 Å². The van der Waals surface area contributed by atoms with Gasteiger partial charge in [0.05, 0.1) is 6.61 Å². The number of benzene rings is 2. The van der Waals surface area contributed by atoms with Crippen molar-refractivity contribution < 1.29 is 14.3 Å². The molecular weight excluding hydrogens is 264 g/mol. The van der Waals surface area contributed by atoms with Crippen molar-refractivity contribution in [2.75, 3.05) is 13.2 Å². The Kier molecular flexibility index (Phi) is 5.38. The second kappa shape index (κ2) is 7.48. The van der Waals surface area contributed by atoms with Crippen LogP contribution in [-0.2, 0) is 0 Å². The monoisotopic (exact) mass is 284 g/mol. The van der Waals surface area contributed by atoms with Crippen LogP contribution < -0.4 is 9.47 Å². The summed E-state index contributed by atoms with van der Waals surface area (Å²) in [7, 11) is 0. The summed E-state index contributed by atoms with van der Waals surface area (Å²) in [6, 6.07) is 14.9. The molecule has 0 radical (unpaired) electrons. The normalized spacial score (nSPS) is 10.2. The van der Waals surface area contributed by atoms with Crippen molar-refractivity contribution in [1.29, 1.82) is 0 Å². The van der Waals surface area contributed by atoms with E-state index in [1.165, 1.54) is 0 Å². The molecule has 2 aromatic rings. The van der Waals surface area contributed by atoms with Gasteiger partial charge in [-0.2, -0.15) is 0 Å². The third-order valence-corrected chi connectivity index (χ3v) is 3.04. The fourth-order valence-electron chi connectivity index (χ4n) is 1.87. The van der Waals surface area contributed by atoms with Gasteiger partial charge in [0.15, 0.2) is 23.9 Å². The molecule has 0 saturated carbocycles. The minimum Gasteiger partial charge on any atom is -0.490 e. The molecule has 110 valence electrons. The van der Waals surface area contributed by atoms with E-state index in [-0.39, 0.29) is 12.4 Å². The number of ether oxygens (including phenoxy) is 2. The Morgan fingerprint density at radius 1 is 0.952 bits per heavy atom. The Bertz CT molecular complexity index is 588. The van der Waals surface area contributed by atoms with E-state index in [0.717, 1.165) is 12.0 Å². The third-order valence-electron chi connectivity index (χ3n) is 3.04. The summed E-state index contributed by atoms with van der Waals surface area (Å²) >= 11 is 0. The summed E-state index contributed by atoms with van der Waals surface area (Å²) in [6.07, 6.45) is 0.927. The van der Waals surface area contributed by atoms with E-state index in [1.807, 2.05) is 62.4 Å². The Morgan fingerprint density at radius 3 is 2.19 bits per heavy atom. The summed E-state index contributed by atoms with van der Waals surface area (Å²) in [5.41, 5.74) is 1.79. The maximum Gasteiger partial charge on any atom is 0.200 e. The Morgan fingerprint density at radius 2 is 1.57 bits per heavy atom. The molecule has 0 spiro atoms. The van der Waals surface area contributed by atoms with E-state index < -0.39 is 0 Å². The van der Waals surface area contributed by atoms with Gasteiger partial charge in [-0.1, -0.05) is 48.9 Å². The first kappa shape index (κ1) is 15.1. The van der Waals surface area contributed by atoms with Crippen LogP contribution in [0.15, 0.2) is 48.5 Å². The van der Waals surface area contributed by atoms with Crippen molar-refractivity contribution >= 4 is 5.78 Å². The number of Topliss-reactive ketones (excluding diaryl/α,β-unsaturated/α-hetero) is 1. The van der Waals surface area contributed by atoms with Crippen molar-refractivity contribution in [2.24, 2.45) is 0 Å². The van der Waals surface area contributed by atoms with Crippen molar-refractivity contribution in [3.8, 4) is 11.5 Å². The summed E-state index contributed by atoms with van der Waals surface area (Å²) in [6.45, 7) is 4.68. The number of carbonyl (C=O) groups is 1. The molecule has 0 aromatic heterocycles. The van der Waals surface area contributed by atoms with Crippen molar-refractivity contribution in [2.45, 2.75) is 20.3 Å². The van der Waals surface area contributed by atoms with Gasteiger partial charge in [0.2, 0.25) is 0 Å². The highest BCUT2D eigenvalue weighted by Crippen LogP contribution is 2.26. The highest BCUT2D eigenvalue weighted by atomic mass is 16.5. The van der Waals surface area contributed by atoms with Crippen LogP contribution in [0.25, 0.3) is 0 Å². The maximum atomic E-state index is 12.1. The van der Waals surface area contributed by atoms with Crippen LogP contribution in [0.3, 0.4) is 0 Å². The van der Waals surface area contributed by atoms with E-state index in [9.17, 15) is 4.79 Å². The Hall–Kier alpha value is -2.29. The summed E-state index contributed by atoms with van der Waals surface area (Å²) in [5, 5.41) is 0. The lowest BCUT2D eigenvalue weighted by Gasteiger charge is -2.11. The molecule has 0 unspecified atom stereocenters. The number of carbonyl (C=O) groups excluding carboxylic acids is 1. The highest BCUT2D eigenvalue weighted by molar-refractivity contribution is 5.97. The van der Waals surface area contributed by atoms with Gasteiger partial charge in [-0.15, -0.1) is 0 Å². The van der Waals surface area contributed by atoms with Crippen LogP contribution >= 0.6 is 0 Å². The molecule has 0 aliphatic heterocycles. The molecule has 0 aliphatic carbocycles. The van der Waals surface area contributed by atoms with Gasteiger partial charge in [0.25, 0.3) is 0 Å². The van der Waals surface area contributed by atoms with Gasteiger partial charge in [-0.3, -0.25) is 4.79 Å². The molecule has 0 amide bonds. The summed E-state index contributed by atoms with van der Waals surface area (Å²) in [5.74, 6) is 1.24. The quantitative estimate of drug-likeness (QED) is 0.720. The highest BCUT2D eigenvalue weighted by Gasteiger charge is 2.09. The van der Waals surface area contributed by atoms with Crippen LogP contribution in [0.2, 0.25) is 0 Å². The molecule has 0 heterocycles. The Balaban J connectivity index is 1.99. The average molecular weight is 284 g/mol. The van der Waals surface area contributed by atoms with Gasteiger partial charge in [-0.25, -0.2) is 0 Å². The zero-order valence-corrected chi connectivity index (χ0v) is 12.5. The van der Waals surface area contributed by atoms with Crippen LogP contribution in [0.5, 0.6) is 11.5 Å². The molecule has 0 atom stereocenters. The van der Waals surface area contributed by atoms with Crippen LogP contribution in [-0.4, -0.2) is 19.0 Å². The molecular formula is C18H20O3. The predicted molar refractivity (Wildman–Crippen MR) is 83.2 cm³/mol. The summed E-state index contributed by atoms with van der Waals surface area (Å²) in [4.78, 5) is 12.1. The SMILES string of the molecule is CCCOc1ccccc1OCC(=O)c1ccc(C)cc1. The standard InChI is InChI=1S/C18H20O3/c1-3-12-20-17-6-4-5-7-18(17)21-13-16(19)15-10-8-14(2)9-11-15/h4-11H,3,12-13H2,1-2H3. The number of aryl methyl sites for hydroxylation is 1. The number of hydrogen-bond donors (Lipinski definition) is 0. The fraction of sp³-hybridized carbons (Fsp3) is 0.278. The van der Waals surface area contributed by atoms with Gasteiger partial charge >= 0.3 is 0 Å². The molecule has 0 bridgehead atoms. The minimum absolute atomic E-state index is 0.00948. The predicted octanol–water partition coefficient (Wildman–Crippen LogP) is 4.05. The lowest BCUT2D eigenvalue weighted by Crippen LogP contribution is -2.12. The van der Waals surface area contributed by atoms with Gasteiger partial charge in [0.1, 0.15) is 0 Å². The molecule has 0 N–H and O–H groups in total. The van der Waals surface area contributed by atoms with E-state index in [2.05, 4.69) is 0 Å². The Labute approximate surface area is 125 Å². The molecule has 21 heavy (non-hydrogen) atoms. The van der Waals surface area contributed by atoms with Gasteiger partial charge in [0, 0.05) is 5.56 Å². The van der Waals surface area contributed by atoms with Crippen LogP contribution in [0.1, 0.15) is 29.3 Å². The number of ketones is 1. The first-order valence-corrected chi connectivity index (χ1v) is 7.15. The topological polar surface area (TPSA) is 35.5 Å². The largest absolute Gasteiger partial charge is 0.490 e. The number of hydrogen-bond acceptors (Lipinski definition) is 3. The van der Waals surface area contributed by atoms with E-state index >= 15 is 0 Å². The molecule has 3 heteroatoms. The molecule has 2 rings (SSSR count). The van der Waals surface area contributed by atoms with Gasteiger partial charge in [-0.05, 0) is 25.5 Å². The summed E-state index contributed by atoms with van der Waals surface area (Å²) < 4.78 is 11.2. The molecule has 2 aromatic carbocycles. The lowest BCUT2D eigenvalue weighted by atomic mass is 10.1. The zero-order chi connectivity index (χ0) is 15.1. The number of para-hydroxylation sites is 2. The molecule has 0 saturated heterocycles. The van der Waals surface area contributed by atoms with Crippen LogP contribution in [0.4, 0.5) is 0 Å². The van der Waals surface area contributed by atoms with Crippen LogP contribution in [0, 0.1) is 6.92 Å². The second-order valence-electron chi connectivity index (χ2n) is 4.87. The van der Waals surface area contributed by atoms with Crippen molar-refractivity contribution in [3.05, 3.63) is 59.7 Å². The number of rotatable bonds is 7. The van der Waals surface area contributed by atoms with E-state index in [1.54, 1.807) is 0 Å². The van der Waals surface area contributed by atoms with Crippen molar-refractivity contribution in [1.82, 2.24) is 0 Å². The third kappa shape index (κ3) is 4.35. The molecule has 3 nitrogen and oxygen atoms in total. The average Bonchev–Trinajstić information content (AvgIpc) is 2.52. The van der Waals surface area contributed by atoms with E-state index in [0.29, 0.717) is 23.7 Å². The minimum atomic E-state index is -0.0414. The van der Waals surface area contributed by atoms with Crippen molar-refractivity contribution in [3.63, 3.8) is 0 Å². The zero-order valence-electron chi connectivity index (χ0n) is 12.5. The smallest absolute Gasteiger partial charge is 0.200 e. The fourth-order valence-corrected chi connectivity index (χ4v) is 1.87. The maximum absolute atomic E-state index is 12.1. The molecule has 0 fully saturated rings. The van der Waals surface area contributed by atoms with Gasteiger partial charge < -0.3 is 9.47 Å². The first-order chi connectivity index (χ1) is 10.2. The first-order valence-electron chi connectivity index (χ1n) is 7.15. The lowest BCUT2D eigenvalue weighted by molar-refractivity contribution is 0.0919.